The minimum absolute atomic E-state index is 0.111. The number of ether oxygens (including phenoxy) is 1. The molecule has 0 atom stereocenters. The zero-order valence-corrected chi connectivity index (χ0v) is 13.8. The van der Waals surface area contributed by atoms with Gasteiger partial charge in [0.05, 0.1) is 7.11 Å². The van der Waals surface area contributed by atoms with Crippen molar-refractivity contribution in [2.45, 2.75) is 18.8 Å². The summed E-state index contributed by atoms with van der Waals surface area (Å²) in [4.78, 5) is 25.3. The maximum Gasteiger partial charge on any atom is 0.269 e. The van der Waals surface area contributed by atoms with Crippen molar-refractivity contribution in [1.29, 1.82) is 0 Å². The molecule has 132 valence electrons. The van der Waals surface area contributed by atoms with Crippen molar-refractivity contribution in [2.24, 2.45) is 5.73 Å². The Balaban J connectivity index is 1.64. The number of halogens is 1. The van der Waals surface area contributed by atoms with E-state index in [9.17, 15) is 14.0 Å². The lowest BCUT2D eigenvalue weighted by molar-refractivity contribution is 0.0711. The van der Waals surface area contributed by atoms with E-state index in [2.05, 4.69) is 10.2 Å². The van der Waals surface area contributed by atoms with Crippen molar-refractivity contribution in [3.8, 4) is 5.75 Å². The quantitative estimate of drug-likeness (QED) is 0.879. The second-order valence-electron chi connectivity index (χ2n) is 5.99. The summed E-state index contributed by atoms with van der Waals surface area (Å²) >= 11 is 0. The third-order valence-corrected chi connectivity index (χ3v) is 4.47. The number of aromatic amines is 1. The summed E-state index contributed by atoms with van der Waals surface area (Å²) in [6.07, 6.45) is 1.45. The Morgan fingerprint density at radius 1 is 1.32 bits per heavy atom. The van der Waals surface area contributed by atoms with Gasteiger partial charge in [0.2, 0.25) is 0 Å². The smallest absolute Gasteiger partial charge is 0.269 e. The Hall–Kier alpha value is -2.90. The molecule has 0 spiro atoms. The van der Waals surface area contributed by atoms with Crippen molar-refractivity contribution in [3.05, 3.63) is 47.0 Å². The van der Waals surface area contributed by atoms with E-state index in [4.69, 9.17) is 10.5 Å². The fourth-order valence-corrected chi connectivity index (χ4v) is 3.05. The first-order valence-corrected chi connectivity index (χ1v) is 7.97. The van der Waals surface area contributed by atoms with E-state index in [1.807, 2.05) is 0 Å². The predicted octanol–water partition coefficient (Wildman–Crippen LogP) is 1.68. The standard InChI is InChI=1S/C17H19FN4O3/c1-25-15-3-2-11(8-12(15)18)17(24)22-6-4-10(5-7-22)13-9-14(16(19)23)21-20-13/h2-3,8-10H,4-7H2,1H3,(H2,19,23)(H,20,21). The number of primary amides is 1. The largest absolute Gasteiger partial charge is 0.494 e. The average Bonchev–Trinajstić information content (AvgIpc) is 3.11. The highest BCUT2D eigenvalue weighted by molar-refractivity contribution is 5.94. The molecule has 2 heterocycles. The highest BCUT2D eigenvalue weighted by Gasteiger charge is 2.26. The monoisotopic (exact) mass is 346 g/mol. The van der Waals surface area contributed by atoms with E-state index < -0.39 is 11.7 Å². The molecule has 2 amide bonds. The maximum absolute atomic E-state index is 13.8. The molecule has 25 heavy (non-hydrogen) atoms. The van der Waals surface area contributed by atoms with Gasteiger partial charge in [0.1, 0.15) is 5.69 Å². The first kappa shape index (κ1) is 16.9. The fourth-order valence-electron chi connectivity index (χ4n) is 3.05. The van der Waals surface area contributed by atoms with Gasteiger partial charge >= 0.3 is 0 Å². The van der Waals surface area contributed by atoms with E-state index in [1.165, 1.54) is 19.2 Å². The Bertz CT molecular complexity index is 797. The number of benzene rings is 1. The van der Waals surface area contributed by atoms with Gasteiger partial charge in [-0.3, -0.25) is 14.7 Å². The Morgan fingerprint density at radius 3 is 2.60 bits per heavy atom. The minimum atomic E-state index is -0.573. The summed E-state index contributed by atoms with van der Waals surface area (Å²) in [5, 5.41) is 6.72. The number of aromatic nitrogens is 2. The summed E-state index contributed by atoms with van der Waals surface area (Å²) in [7, 11) is 1.38. The van der Waals surface area contributed by atoms with Gasteiger partial charge < -0.3 is 15.4 Å². The van der Waals surface area contributed by atoms with Gasteiger partial charge in [-0.05, 0) is 37.1 Å². The molecule has 1 aliphatic rings. The molecule has 0 radical (unpaired) electrons. The second kappa shape index (κ2) is 6.92. The van der Waals surface area contributed by atoms with Crippen molar-refractivity contribution in [3.63, 3.8) is 0 Å². The molecule has 0 bridgehead atoms. The van der Waals surface area contributed by atoms with Crippen LogP contribution in [0, 0.1) is 5.82 Å². The molecule has 1 saturated heterocycles. The molecule has 0 aliphatic carbocycles. The predicted molar refractivity (Wildman–Crippen MR) is 87.9 cm³/mol. The molecule has 1 fully saturated rings. The van der Waals surface area contributed by atoms with Crippen LogP contribution >= 0.6 is 0 Å². The van der Waals surface area contributed by atoms with Gasteiger partial charge in [-0.15, -0.1) is 0 Å². The zero-order chi connectivity index (χ0) is 18.0. The molecule has 3 rings (SSSR count). The van der Waals surface area contributed by atoms with Crippen LogP contribution in [-0.4, -0.2) is 47.1 Å². The summed E-state index contributed by atoms with van der Waals surface area (Å²) in [5.74, 6) is -1.05. The van der Waals surface area contributed by atoms with E-state index in [-0.39, 0.29) is 23.3 Å². The summed E-state index contributed by atoms with van der Waals surface area (Å²) < 4.78 is 18.6. The van der Waals surface area contributed by atoms with Crippen LogP contribution in [0.5, 0.6) is 5.75 Å². The van der Waals surface area contributed by atoms with Gasteiger partial charge in [0, 0.05) is 30.3 Å². The molecule has 0 saturated carbocycles. The number of piperidine rings is 1. The third-order valence-electron chi connectivity index (χ3n) is 4.47. The van der Waals surface area contributed by atoms with Crippen LogP contribution in [0.1, 0.15) is 45.3 Å². The van der Waals surface area contributed by atoms with Crippen LogP contribution < -0.4 is 10.5 Å². The van der Waals surface area contributed by atoms with E-state index in [0.29, 0.717) is 18.7 Å². The molecule has 1 aromatic heterocycles. The molecular weight excluding hydrogens is 327 g/mol. The Morgan fingerprint density at radius 2 is 2.04 bits per heavy atom. The fraction of sp³-hybridized carbons (Fsp3) is 0.353. The first-order valence-electron chi connectivity index (χ1n) is 7.97. The number of carbonyl (C=O) groups excluding carboxylic acids is 2. The highest BCUT2D eigenvalue weighted by atomic mass is 19.1. The van der Waals surface area contributed by atoms with Crippen LogP contribution in [0.2, 0.25) is 0 Å². The van der Waals surface area contributed by atoms with Crippen LogP contribution in [0.25, 0.3) is 0 Å². The molecule has 2 aromatic rings. The summed E-state index contributed by atoms with van der Waals surface area (Å²) in [6.45, 7) is 1.09. The van der Waals surface area contributed by atoms with E-state index in [1.54, 1.807) is 17.0 Å². The van der Waals surface area contributed by atoms with Gasteiger partial charge in [0.15, 0.2) is 11.6 Å². The topological polar surface area (TPSA) is 101 Å². The van der Waals surface area contributed by atoms with Crippen LogP contribution in [0.4, 0.5) is 4.39 Å². The van der Waals surface area contributed by atoms with Gasteiger partial charge in [-0.25, -0.2) is 4.39 Å². The number of nitrogens with one attached hydrogen (secondary N) is 1. The number of rotatable bonds is 4. The summed E-state index contributed by atoms with van der Waals surface area (Å²) in [5.41, 5.74) is 6.56. The number of likely N-dealkylation sites (tertiary alicyclic amines) is 1. The lowest BCUT2D eigenvalue weighted by atomic mass is 9.93. The van der Waals surface area contributed by atoms with Gasteiger partial charge in [0.25, 0.3) is 11.8 Å². The minimum Gasteiger partial charge on any atom is -0.494 e. The first-order chi connectivity index (χ1) is 12.0. The van der Waals surface area contributed by atoms with Crippen molar-refractivity contribution < 1.29 is 18.7 Å². The number of carbonyl (C=O) groups is 2. The normalized spacial score (nSPS) is 15.2. The molecular formula is C17H19FN4O3. The van der Waals surface area contributed by atoms with Crippen LogP contribution in [0.15, 0.2) is 24.3 Å². The molecule has 0 unspecified atom stereocenters. The lowest BCUT2D eigenvalue weighted by Gasteiger charge is -2.31. The Kier molecular flexibility index (Phi) is 4.69. The van der Waals surface area contributed by atoms with Crippen molar-refractivity contribution in [2.75, 3.05) is 20.2 Å². The number of nitrogens with two attached hydrogens (primary N) is 1. The second-order valence-corrected chi connectivity index (χ2v) is 5.99. The number of hydrogen-bond acceptors (Lipinski definition) is 4. The zero-order valence-electron chi connectivity index (χ0n) is 13.8. The van der Waals surface area contributed by atoms with Crippen molar-refractivity contribution >= 4 is 11.8 Å². The van der Waals surface area contributed by atoms with Gasteiger partial charge in [-0.2, -0.15) is 5.10 Å². The molecule has 1 aromatic carbocycles. The number of methoxy groups -OCH3 is 1. The number of hydrogen-bond donors (Lipinski definition) is 2. The van der Waals surface area contributed by atoms with Crippen molar-refractivity contribution in [1.82, 2.24) is 15.1 Å². The van der Waals surface area contributed by atoms with Gasteiger partial charge in [-0.1, -0.05) is 0 Å². The van der Waals surface area contributed by atoms with Crippen LogP contribution in [-0.2, 0) is 0 Å². The molecule has 3 N–H and O–H groups in total. The highest BCUT2D eigenvalue weighted by Crippen LogP contribution is 2.28. The van der Waals surface area contributed by atoms with E-state index >= 15 is 0 Å². The Labute approximate surface area is 144 Å². The van der Waals surface area contributed by atoms with Crippen LogP contribution in [0.3, 0.4) is 0 Å². The third kappa shape index (κ3) is 3.47. The maximum atomic E-state index is 13.8. The number of nitrogens with zero attached hydrogens (tertiary/aromatic N) is 2. The molecule has 8 heteroatoms. The number of H-pyrrole nitrogens is 1. The SMILES string of the molecule is COc1ccc(C(=O)N2CCC(c3cc(C(N)=O)n[nH]3)CC2)cc1F. The number of amides is 2. The summed E-state index contributed by atoms with van der Waals surface area (Å²) in [6, 6.07) is 5.86. The average molecular weight is 346 g/mol. The lowest BCUT2D eigenvalue weighted by Crippen LogP contribution is -2.38. The molecule has 1 aliphatic heterocycles. The molecule has 7 nitrogen and oxygen atoms in total. The van der Waals surface area contributed by atoms with E-state index in [0.717, 1.165) is 18.5 Å².